The fourth-order valence-corrected chi connectivity index (χ4v) is 4.29. The molecule has 3 aliphatic rings. The second kappa shape index (κ2) is 22.4. The van der Waals surface area contributed by atoms with E-state index < -0.39 is 11.2 Å². The average Bonchev–Trinajstić information content (AvgIpc) is 3.47. The summed E-state index contributed by atoms with van der Waals surface area (Å²) in [5.41, 5.74) is -0.936. The number of ketones is 1. The van der Waals surface area contributed by atoms with Gasteiger partial charge in [-0.3, -0.25) is 14.4 Å². The van der Waals surface area contributed by atoms with Crippen molar-refractivity contribution in [3.05, 3.63) is 7.43 Å². The van der Waals surface area contributed by atoms with Crippen LogP contribution in [0.2, 0.25) is 0 Å². The number of nitrogens with zero attached hydrogens (tertiary/aromatic N) is 3. The molecule has 0 aromatic rings. The second-order valence-corrected chi connectivity index (χ2v) is 12.4. The Hall–Kier alpha value is -1.15. The van der Waals surface area contributed by atoms with Crippen molar-refractivity contribution in [3.8, 4) is 0 Å². The molecule has 0 spiro atoms. The van der Waals surface area contributed by atoms with Crippen molar-refractivity contribution in [2.75, 3.05) is 53.6 Å². The molecule has 3 rings (SSSR count). The summed E-state index contributed by atoms with van der Waals surface area (Å²) >= 11 is 0. The Morgan fingerprint density at radius 3 is 1.35 bits per heavy atom. The molecule has 13 heteroatoms. The van der Waals surface area contributed by atoms with Crippen molar-refractivity contribution in [2.24, 2.45) is 11.8 Å². The number of piperidine rings is 2. The van der Waals surface area contributed by atoms with E-state index in [0.717, 1.165) is 26.1 Å². The van der Waals surface area contributed by atoms with E-state index in [1.165, 1.54) is 25.0 Å². The zero-order chi connectivity index (χ0) is 30.5. The first kappa shape index (κ1) is 46.3. The minimum atomic E-state index is -0.486. The van der Waals surface area contributed by atoms with Crippen molar-refractivity contribution in [1.82, 2.24) is 14.9 Å². The molecule has 0 radical (unpaired) electrons. The van der Waals surface area contributed by atoms with Crippen molar-refractivity contribution in [1.29, 1.82) is 0 Å². The zero-order valence-electron chi connectivity index (χ0n) is 28.3. The zero-order valence-corrected chi connectivity index (χ0v) is 31.3. The predicted molar refractivity (Wildman–Crippen MR) is 164 cm³/mol. The Balaban J connectivity index is -0.000000606. The number of amides is 3. The van der Waals surface area contributed by atoms with Gasteiger partial charge in [-0.2, -0.15) is 0 Å². The number of hydrogen-bond acceptors (Lipinski definition) is 8. The molecule has 0 aromatic carbocycles. The smallest absolute Gasteiger partial charge is 1.00 e. The maximum absolute atomic E-state index is 11.9. The Morgan fingerprint density at radius 2 is 1.09 bits per heavy atom. The summed E-state index contributed by atoms with van der Waals surface area (Å²) in [5, 5.41) is 1.24. The molecule has 3 aliphatic heterocycles. The van der Waals surface area contributed by atoms with E-state index in [2.05, 4.69) is 0 Å². The van der Waals surface area contributed by atoms with Gasteiger partial charge in [-0.1, -0.05) is 0 Å². The number of likely N-dealkylation sites (tertiary alicyclic amines) is 2. The maximum atomic E-state index is 11.9. The van der Waals surface area contributed by atoms with Gasteiger partial charge in [-0.25, -0.2) is 14.7 Å². The number of carbonyl (C=O) groups is 4. The largest absolute Gasteiger partial charge is 2.00 e. The molecule has 3 amide bonds. The minimum Gasteiger partial charge on any atom is -1.00 e. The van der Waals surface area contributed by atoms with Gasteiger partial charge in [0.05, 0.1) is 7.11 Å². The fourth-order valence-electron chi connectivity index (χ4n) is 4.29. The van der Waals surface area contributed by atoms with Crippen LogP contribution in [-0.2, 0) is 28.6 Å². The molecular weight excluding hydrogens is 635 g/mol. The van der Waals surface area contributed by atoms with Gasteiger partial charge in [0.1, 0.15) is 17.0 Å². The van der Waals surface area contributed by atoms with Crippen LogP contribution in [0.25, 0.3) is 0 Å². The van der Waals surface area contributed by atoms with Gasteiger partial charge in [0.2, 0.25) is 5.91 Å². The standard InChI is InChI=1S/C13H24N2O4.C12H21NO3.C4H8O.CH3.BrH.Mg/c1-13(2,3)19-12(17)15-8-6-10(7-9-15)11(16)14(4)18-5;1-9(14)10-5-7-13(8-6-10)11(15)16-12(2,3)4;1-2-4-5-3-1;;;/h10H,6-9H2,1-5H3;10H,5-8H2,1-4H3;1-4H2;1H3;1H;/q;;;-1;;+2/p-1. The van der Waals surface area contributed by atoms with Crippen LogP contribution in [0.1, 0.15) is 87.0 Å². The molecule has 3 heterocycles. The summed E-state index contributed by atoms with van der Waals surface area (Å²) in [5.74, 6) is 0.234. The molecule has 3 fully saturated rings. The van der Waals surface area contributed by atoms with Gasteiger partial charge in [0, 0.05) is 58.3 Å². The number of hydrogen-bond donors (Lipinski definition) is 0. The van der Waals surface area contributed by atoms with Crippen molar-refractivity contribution in [2.45, 2.75) is 98.2 Å². The third kappa shape index (κ3) is 19.8. The Labute approximate surface area is 286 Å². The van der Waals surface area contributed by atoms with E-state index in [-0.39, 0.29) is 83.2 Å². The molecule has 0 bridgehead atoms. The van der Waals surface area contributed by atoms with E-state index in [4.69, 9.17) is 19.0 Å². The monoisotopic (exact) mass is 689 g/mol. The van der Waals surface area contributed by atoms with Gasteiger partial charge in [-0.05, 0) is 87.0 Å². The SMILES string of the molecule is C1CCOC1.CC(=O)C1CCN(C(=O)OC(C)(C)C)CC1.CON(C)C(=O)C1CCN(C(=O)OC(C)(C)C)CC1.[Br-].[CH3-].[Mg+2]. The third-order valence-corrected chi connectivity index (χ3v) is 6.63. The van der Waals surface area contributed by atoms with Gasteiger partial charge in [0.15, 0.2) is 0 Å². The van der Waals surface area contributed by atoms with E-state index >= 15 is 0 Å². The summed E-state index contributed by atoms with van der Waals surface area (Å²) < 4.78 is 15.5. The topological polar surface area (TPSA) is 115 Å². The van der Waals surface area contributed by atoms with Crippen LogP contribution in [0.15, 0.2) is 0 Å². The minimum absolute atomic E-state index is 0. The van der Waals surface area contributed by atoms with Gasteiger partial charge < -0.3 is 48.4 Å². The molecule has 248 valence electrons. The molecular formula is C30H56BrMgN3O8. The van der Waals surface area contributed by atoms with Gasteiger partial charge in [-0.15, -0.1) is 0 Å². The first-order chi connectivity index (χ1) is 18.5. The molecule has 0 unspecified atom stereocenters. The van der Waals surface area contributed by atoms with Crippen molar-refractivity contribution < 1.29 is 55.2 Å². The van der Waals surface area contributed by atoms with Crippen LogP contribution in [0.3, 0.4) is 0 Å². The molecule has 43 heavy (non-hydrogen) atoms. The van der Waals surface area contributed by atoms with Crippen LogP contribution in [-0.4, -0.2) is 127 Å². The fraction of sp³-hybridized carbons (Fsp3) is 0.833. The number of halogens is 1. The summed E-state index contributed by atoms with van der Waals surface area (Å²) in [4.78, 5) is 54.9. The second-order valence-electron chi connectivity index (χ2n) is 12.4. The van der Waals surface area contributed by atoms with Crippen molar-refractivity contribution >= 4 is 46.9 Å². The van der Waals surface area contributed by atoms with Crippen LogP contribution < -0.4 is 17.0 Å². The Kier molecular flexibility index (Phi) is 24.1. The molecule has 0 aromatic heterocycles. The molecule has 0 atom stereocenters. The number of hydroxylamine groups is 2. The third-order valence-electron chi connectivity index (χ3n) is 6.63. The van der Waals surface area contributed by atoms with E-state index in [9.17, 15) is 19.2 Å². The Morgan fingerprint density at radius 1 is 0.744 bits per heavy atom. The number of Topliss-reactive ketones (excluding diaryl/α,β-unsaturated/α-hetero) is 1. The summed E-state index contributed by atoms with van der Waals surface area (Å²) in [6, 6.07) is 0. The van der Waals surface area contributed by atoms with E-state index in [0.29, 0.717) is 39.0 Å². The molecule has 0 saturated carbocycles. The number of rotatable bonds is 3. The summed E-state index contributed by atoms with van der Waals surface area (Å²) in [6.45, 7) is 17.0. The number of carbonyl (C=O) groups excluding carboxylic acids is 4. The summed E-state index contributed by atoms with van der Waals surface area (Å²) in [7, 11) is 3.07. The van der Waals surface area contributed by atoms with Crippen LogP contribution >= 0.6 is 0 Å². The molecule has 0 aliphatic carbocycles. The van der Waals surface area contributed by atoms with Gasteiger partial charge in [0.25, 0.3) is 0 Å². The maximum Gasteiger partial charge on any atom is 2.00 e. The van der Waals surface area contributed by atoms with E-state index in [1.54, 1.807) is 23.8 Å². The van der Waals surface area contributed by atoms with Crippen LogP contribution in [0.5, 0.6) is 0 Å². The van der Waals surface area contributed by atoms with Gasteiger partial charge >= 0.3 is 35.2 Å². The molecule has 11 nitrogen and oxygen atoms in total. The first-order valence-corrected chi connectivity index (χ1v) is 14.4. The summed E-state index contributed by atoms with van der Waals surface area (Å²) in [6.07, 6.45) is 4.79. The predicted octanol–water partition coefficient (Wildman–Crippen LogP) is 1.75. The quantitative estimate of drug-likeness (QED) is 0.250. The molecule has 0 N–H and O–H groups in total. The van der Waals surface area contributed by atoms with Crippen LogP contribution in [0.4, 0.5) is 9.59 Å². The normalized spacial score (nSPS) is 17.2. The van der Waals surface area contributed by atoms with E-state index in [1.807, 2.05) is 41.5 Å². The first-order valence-electron chi connectivity index (χ1n) is 14.4. The molecule has 3 saturated heterocycles. The van der Waals surface area contributed by atoms with Crippen LogP contribution in [0, 0.1) is 19.3 Å². The number of ether oxygens (including phenoxy) is 3. The van der Waals surface area contributed by atoms with Crippen molar-refractivity contribution in [3.63, 3.8) is 0 Å². The Bertz CT molecular complexity index is 808. The average molecular weight is 691 g/mol.